The maximum atomic E-state index is 12.0. The van der Waals surface area contributed by atoms with Gasteiger partial charge in [-0.2, -0.15) is 5.10 Å². The lowest BCUT2D eigenvalue weighted by Crippen LogP contribution is -2.19. The number of fused-ring (bicyclic) bond motifs is 1. The molecule has 0 saturated heterocycles. The topological polar surface area (TPSA) is 41.5 Å². The molecule has 3 rings (SSSR count). The molecule has 1 heterocycles. The third-order valence-corrected chi connectivity index (χ3v) is 4.76. The van der Waals surface area contributed by atoms with Crippen molar-refractivity contribution in [3.05, 3.63) is 68.8 Å². The first-order valence-corrected chi connectivity index (χ1v) is 8.37. The fraction of sp³-hybridized carbons (Fsp3) is 0.0588. The van der Waals surface area contributed by atoms with Gasteiger partial charge in [0, 0.05) is 4.88 Å². The van der Waals surface area contributed by atoms with Crippen LogP contribution in [0.3, 0.4) is 0 Å². The number of hydrazone groups is 1. The van der Waals surface area contributed by atoms with E-state index >= 15 is 0 Å². The van der Waals surface area contributed by atoms with Gasteiger partial charge in [-0.25, -0.2) is 5.43 Å². The Morgan fingerprint density at radius 2 is 1.95 bits per heavy atom. The lowest BCUT2D eigenvalue weighted by Gasteiger charge is -2.05. The quantitative estimate of drug-likeness (QED) is 0.536. The second-order valence-electron chi connectivity index (χ2n) is 4.75. The summed E-state index contributed by atoms with van der Waals surface area (Å²) in [6, 6.07) is 17.9. The molecule has 0 aliphatic heterocycles. The monoisotopic (exact) mass is 372 g/mol. The van der Waals surface area contributed by atoms with Crippen LogP contribution < -0.4 is 5.43 Å². The smallest absolute Gasteiger partial charge is 0.244 e. The Bertz CT molecular complexity index is 836. The first-order valence-electron chi connectivity index (χ1n) is 6.76. The molecular weight excluding hydrogens is 360 g/mol. The largest absolute Gasteiger partial charge is 0.273 e. The summed E-state index contributed by atoms with van der Waals surface area (Å²) >= 11 is 4.95. The molecule has 5 heteroatoms. The third-order valence-electron chi connectivity index (χ3n) is 3.21. The summed E-state index contributed by atoms with van der Waals surface area (Å²) in [7, 11) is 0. The van der Waals surface area contributed by atoms with Crippen molar-refractivity contribution in [1.29, 1.82) is 0 Å². The van der Waals surface area contributed by atoms with Crippen molar-refractivity contribution in [3.8, 4) is 0 Å². The van der Waals surface area contributed by atoms with E-state index in [1.165, 1.54) is 0 Å². The lowest BCUT2D eigenvalue weighted by molar-refractivity contribution is -0.120. The molecule has 0 saturated carbocycles. The van der Waals surface area contributed by atoms with Gasteiger partial charge in [-0.15, -0.1) is 11.3 Å². The summed E-state index contributed by atoms with van der Waals surface area (Å²) in [6.45, 7) is 0. The summed E-state index contributed by atoms with van der Waals surface area (Å²) in [6.07, 6.45) is 1.96. The van der Waals surface area contributed by atoms with Gasteiger partial charge in [-0.05, 0) is 44.4 Å². The Labute approximate surface area is 140 Å². The van der Waals surface area contributed by atoms with Crippen molar-refractivity contribution in [2.24, 2.45) is 5.10 Å². The molecule has 0 atom stereocenters. The second-order valence-corrected chi connectivity index (χ2v) is 7.24. The lowest BCUT2D eigenvalue weighted by atomic mass is 10.0. The van der Waals surface area contributed by atoms with Gasteiger partial charge in [0.1, 0.15) is 0 Å². The molecule has 0 aliphatic rings. The highest BCUT2D eigenvalue weighted by atomic mass is 79.9. The fourth-order valence-corrected chi connectivity index (χ4v) is 3.52. The van der Waals surface area contributed by atoms with Gasteiger partial charge in [0.15, 0.2) is 0 Å². The van der Waals surface area contributed by atoms with E-state index in [-0.39, 0.29) is 5.91 Å². The molecule has 0 aliphatic carbocycles. The number of thiophene rings is 1. The molecule has 0 unspecified atom stereocenters. The van der Waals surface area contributed by atoms with Crippen LogP contribution in [-0.2, 0) is 11.2 Å². The number of hydrogen-bond acceptors (Lipinski definition) is 3. The van der Waals surface area contributed by atoms with Crippen molar-refractivity contribution in [2.45, 2.75) is 6.42 Å². The summed E-state index contributed by atoms with van der Waals surface area (Å²) in [5.41, 5.74) is 3.58. The zero-order valence-corrected chi connectivity index (χ0v) is 14.0. The molecule has 0 spiro atoms. The summed E-state index contributed by atoms with van der Waals surface area (Å²) in [4.78, 5) is 13.0. The number of carbonyl (C=O) groups is 1. The minimum Gasteiger partial charge on any atom is -0.273 e. The standard InChI is InChI=1S/C17H13BrN2OS/c18-16-9-8-14(22-16)11-19-20-17(21)10-13-6-3-5-12-4-1-2-7-15(12)13/h1-9,11H,10H2,(H,20,21)/b19-11+. The van der Waals surface area contributed by atoms with Crippen LogP contribution in [0.2, 0.25) is 0 Å². The number of halogens is 1. The van der Waals surface area contributed by atoms with Crippen molar-refractivity contribution < 1.29 is 4.79 Å². The van der Waals surface area contributed by atoms with E-state index in [0.717, 1.165) is 25.0 Å². The van der Waals surface area contributed by atoms with Crippen LogP contribution >= 0.6 is 27.3 Å². The highest BCUT2D eigenvalue weighted by Gasteiger charge is 2.05. The van der Waals surface area contributed by atoms with Gasteiger partial charge < -0.3 is 0 Å². The zero-order chi connectivity index (χ0) is 15.4. The van der Waals surface area contributed by atoms with E-state index < -0.39 is 0 Å². The molecule has 1 N–H and O–H groups in total. The van der Waals surface area contributed by atoms with Gasteiger partial charge in [0.25, 0.3) is 0 Å². The maximum absolute atomic E-state index is 12.0. The van der Waals surface area contributed by atoms with E-state index in [2.05, 4.69) is 26.5 Å². The van der Waals surface area contributed by atoms with Crippen LogP contribution in [0.25, 0.3) is 10.8 Å². The number of nitrogens with zero attached hydrogens (tertiary/aromatic N) is 1. The molecule has 22 heavy (non-hydrogen) atoms. The Hall–Kier alpha value is -1.98. The molecule has 3 aromatic rings. The van der Waals surface area contributed by atoms with Crippen molar-refractivity contribution in [2.75, 3.05) is 0 Å². The average Bonchev–Trinajstić information content (AvgIpc) is 2.93. The van der Waals surface area contributed by atoms with Gasteiger partial charge in [-0.3, -0.25) is 4.79 Å². The summed E-state index contributed by atoms with van der Waals surface area (Å²) in [5, 5.41) is 6.24. The van der Waals surface area contributed by atoms with E-state index in [1.54, 1.807) is 17.6 Å². The second kappa shape index (κ2) is 6.85. The summed E-state index contributed by atoms with van der Waals surface area (Å²) in [5.74, 6) is -0.122. The molecule has 0 radical (unpaired) electrons. The van der Waals surface area contributed by atoms with Crippen molar-refractivity contribution >= 4 is 50.2 Å². The molecule has 2 aromatic carbocycles. The zero-order valence-electron chi connectivity index (χ0n) is 11.6. The molecule has 3 nitrogen and oxygen atoms in total. The minimum absolute atomic E-state index is 0.122. The predicted molar refractivity (Wildman–Crippen MR) is 95.4 cm³/mol. The molecule has 0 fully saturated rings. The van der Waals surface area contributed by atoms with Crippen LogP contribution in [0.15, 0.2) is 63.5 Å². The third kappa shape index (κ3) is 3.61. The van der Waals surface area contributed by atoms with E-state index in [0.29, 0.717) is 6.42 Å². The minimum atomic E-state index is -0.122. The first-order chi connectivity index (χ1) is 10.7. The first kappa shape index (κ1) is 14.9. The highest BCUT2D eigenvalue weighted by molar-refractivity contribution is 9.11. The Kier molecular flexibility index (Phi) is 4.65. The number of benzene rings is 2. The predicted octanol–water partition coefficient (Wildman–Crippen LogP) is 4.36. The van der Waals surface area contributed by atoms with Crippen LogP contribution in [-0.4, -0.2) is 12.1 Å². The normalized spacial score (nSPS) is 11.1. The van der Waals surface area contributed by atoms with Crippen LogP contribution in [0.1, 0.15) is 10.4 Å². The van der Waals surface area contributed by atoms with E-state index in [4.69, 9.17) is 0 Å². The highest BCUT2D eigenvalue weighted by Crippen LogP contribution is 2.20. The molecule has 1 amide bonds. The SMILES string of the molecule is O=C(Cc1cccc2ccccc12)N/N=C/c1ccc(Br)s1. The van der Waals surface area contributed by atoms with Crippen LogP contribution in [0.4, 0.5) is 0 Å². The van der Waals surface area contributed by atoms with Gasteiger partial charge in [0.2, 0.25) is 5.91 Å². The van der Waals surface area contributed by atoms with Crippen molar-refractivity contribution in [1.82, 2.24) is 5.43 Å². The van der Waals surface area contributed by atoms with Gasteiger partial charge in [-0.1, -0.05) is 42.5 Å². The molecule has 1 aromatic heterocycles. The van der Waals surface area contributed by atoms with Gasteiger partial charge >= 0.3 is 0 Å². The van der Waals surface area contributed by atoms with Crippen LogP contribution in [0.5, 0.6) is 0 Å². The number of amides is 1. The maximum Gasteiger partial charge on any atom is 0.244 e. The number of carbonyl (C=O) groups excluding carboxylic acids is 1. The molecule has 0 bridgehead atoms. The van der Waals surface area contributed by atoms with E-state index in [9.17, 15) is 4.79 Å². The number of rotatable bonds is 4. The average molecular weight is 373 g/mol. The Morgan fingerprint density at radius 1 is 1.14 bits per heavy atom. The van der Waals surface area contributed by atoms with Gasteiger partial charge in [0.05, 0.1) is 16.4 Å². The Morgan fingerprint density at radius 3 is 2.77 bits per heavy atom. The number of hydrogen-bond donors (Lipinski definition) is 1. The molecular formula is C17H13BrN2OS. The fourth-order valence-electron chi connectivity index (χ4n) is 2.22. The van der Waals surface area contributed by atoms with E-state index in [1.807, 2.05) is 54.6 Å². The number of nitrogens with one attached hydrogen (secondary N) is 1. The molecule has 110 valence electrons. The Balaban J connectivity index is 1.67. The summed E-state index contributed by atoms with van der Waals surface area (Å²) < 4.78 is 1.04. The van der Waals surface area contributed by atoms with Crippen molar-refractivity contribution in [3.63, 3.8) is 0 Å². The van der Waals surface area contributed by atoms with Crippen LogP contribution in [0, 0.1) is 0 Å².